The van der Waals surface area contributed by atoms with Crippen molar-refractivity contribution in [1.29, 1.82) is 0 Å². The Labute approximate surface area is 177 Å². The fourth-order valence-corrected chi connectivity index (χ4v) is 2.46. The number of allylic oxidation sites excluding steroid dienone is 6. The van der Waals surface area contributed by atoms with Gasteiger partial charge in [0.2, 0.25) is 0 Å². The van der Waals surface area contributed by atoms with E-state index in [4.69, 9.17) is 0 Å². The van der Waals surface area contributed by atoms with Crippen LogP contribution in [-0.2, 0) is 0 Å². The van der Waals surface area contributed by atoms with Gasteiger partial charge in [0.25, 0.3) is 0 Å². The molecule has 0 atom stereocenters. The number of hydrogen-bond acceptors (Lipinski definition) is 0. The molecule has 3 aromatic carbocycles. The summed E-state index contributed by atoms with van der Waals surface area (Å²) in [6.07, 6.45) is 9.52. The molecule has 0 amide bonds. The lowest BCUT2D eigenvalue weighted by Gasteiger charge is -2.05. The zero-order valence-electron chi connectivity index (χ0n) is 17.9. The molecule has 148 valence electrons. The van der Waals surface area contributed by atoms with E-state index in [0.717, 1.165) is 0 Å². The Kier molecular flexibility index (Phi) is 12.0. The molecule has 0 N–H and O–H groups in total. The zero-order valence-corrected chi connectivity index (χ0v) is 17.9. The van der Waals surface area contributed by atoms with Crippen molar-refractivity contribution in [2.75, 3.05) is 0 Å². The highest BCUT2D eigenvalue weighted by Crippen LogP contribution is 2.25. The average Bonchev–Trinajstić information content (AvgIpc) is 2.79. The molecule has 3 aromatic rings. The SMILES string of the molecule is C=C/C=C\C(C)=C/C.C=CC.c1ccc(-c2cccc(-c3ccccc3)c2)cc1. The number of benzene rings is 3. The maximum atomic E-state index is 3.55. The lowest BCUT2D eigenvalue weighted by atomic mass is 9.99. The van der Waals surface area contributed by atoms with Gasteiger partial charge in [-0.1, -0.05) is 121 Å². The molecule has 0 saturated carbocycles. The Hall–Kier alpha value is -3.38. The Morgan fingerprint density at radius 3 is 1.45 bits per heavy atom. The summed E-state index contributed by atoms with van der Waals surface area (Å²) in [5, 5.41) is 0. The van der Waals surface area contributed by atoms with Crippen LogP contribution < -0.4 is 0 Å². The zero-order chi connectivity index (χ0) is 21.3. The quantitative estimate of drug-likeness (QED) is 0.313. The molecule has 0 aromatic heterocycles. The van der Waals surface area contributed by atoms with E-state index < -0.39 is 0 Å². The number of hydrogen-bond donors (Lipinski definition) is 0. The number of rotatable bonds is 4. The van der Waals surface area contributed by atoms with Crippen LogP contribution in [-0.4, -0.2) is 0 Å². The molecule has 0 heterocycles. The van der Waals surface area contributed by atoms with Gasteiger partial charge < -0.3 is 0 Å². The van der Waals surface area contributed by atoms with Gasteiger partial charge in [-0.2, -0.15) is 0 Å². The largest absolute Gasteiger partial charge is 0.103 e. The first-order valence-corrected chi connectivity index (χ1v) is 9.86. The van der Waals surface area contributed by atoms with Crippen LogP contribution in [0.5, 0.6) is 0 Å². The lowest BCUT2D eigenvalue weighted by Crippen LogP contribution is -1.80. The molecule has 0 aliphatic carbocycles. The second kappa shape index (κ2) is 14.6. The first kappa shape index (κ1) is 23.7. The van der Waals surface area contributed by atoms with Gasteiger partial charge in [0, 0.05) is 0 Å². The topological polar surface area (TPSA) is 0 Å². The molecule has 0 saturated heterocycles. The second-order valence-electron chi connectivity index (χ2n) is 6.35. The maximum Gasteiger partial charge on any atom is -0.0178 e. The first-order chi connectivity index (χ1) is 14.2. The summed E-state index contributed by atoms with van der Waals surface area (Å²) >= 11 is 0. The van der Waals surface area contributed by atoms with Crippen molar-refractivity contribution in [3.8, 4) is 22.3 Å². The summed E-state index contributed by atoms with van der Waals surface area (Å²) in [7, 11) is 0. The van der Waals surface area contributed by atoms with Crippen molar-refractivity contribution in [2.45, 2.75) is 20.8 Å². The van der Waals surface area contributed by atoms with E-state index in [9.17, 15) is 0 Å². The Bertz CT molecular complexity index is 842. The highest BCUT2D eigenvalue weighted by atomic mass is 14.0. The third-order valence-corrected chi connectivity index (χ3v) is 4.03. The Morgan fingerprint density at radius 1 is 0.655 bits per heavy atom. The third kappa shape index (κ3) is 9.39. The molecule has 0 bridgehead atoms. The van der Waals surface area contributed by atoms with E-state index in [2.05, 4.69) is 99.0 Å². The van der Waals surface area contributed by atoms with Crippen molar-refractivity contribution >= 4 is 0 Å². The summed E-state index contributed by atoms with van der Waals surface area (Å²) in [6, 6.07) is 29.6. The second-order valence-corrected chi connectivity index (χ2v) is 6.35. The fourth-order valence-electron chi connectivity index (χ4n) is 2.46. The van der Waals surface area contributed by atoms with Gasteiger partial charge in [-0.3, -0.25) is 0 Å². The van der Waals surface area contributed by atoms with Gasteiger partial charge in [0.1, 0.15) is 0 Å². The van der Waals surface area contributed by atoms with Crippen LogP contribution in [0.1, 0.15) is 20.8 Å². The van der Waals surface area contributed by atoms with Gasteiger partial charge in [-0.25, -0.2) is 0 Å². The van der Waals surface area contributed by atoms with E-state index in [-0.39, 0.29) is 0 Å². The highest BCUT2D eigenvalue weighted by molar-refractivity contribution is 5.72. The minimum atomic E-state index is 1.26. The monoisotopic (exact) mass is 380 g/mol. The summed E-state index contributed by atoms with van der Waals surface area (Å²) in [6.45, 7) is 12.9. The molecular weight excluding hydrogens is 348 g/mol. The van der Waals surface area contributed by atoms with Crippen molar-refractivity contribution < 1.29 is 0 Å². The summed E-state index contributed by atoms with van der Waals surface area (Å²) in [5.41, 5.74) is 6.31. The van der Waals surface area contributed by atoms with Gasteiger partial charge >= 0.3 is 0 Å². The van der Waals surface area contributed by atoms with Crippen molar-refractivity contribution in [3.05, 3.63) is 134 Å². The predicted molar refractivity (Wildman–Crippen MR) is 132 cm³/mol. The van der Waals surface area contributed by atoms with Crippen LogP contribution in [0, 0.1) is 0 Å². The van der Waals surface area contributed by atoms with E-state index in [0.29, 0.717) is 0 Å². The molecule has 29 heavy (non-hydrogen) atoms. The Balaban J connectivity index is 0.000000323. The molecule has 0 radical (unpaired) electrons. The van der Waals surface area contributed by atoms with Crippen molar-refractivity contribution in [2.24, 2.45) is 0 Å². The van der Waals surface area contributed by atoms with Gasteiger partial charge in [0.05, 0.1) is 0 Å². The predicted octanol–water partition coefficient (Wildman–Crippen LogP) is 8.91. The van der Waals surface area contributed by atoms with Crippen LogP contribution in [0.15, 0.2) is 134 Å². The van der Waals surface area contributed by atoms with Gasteiger partial charge in [-0.05, 0) is 49.1 Å². The lowest BCUT2D eigenvalue weighted by molar-refractivity contribution is 1.48. The van der Waals surface area contributed by atoms with Crippen LogP contribution in [0.25, 0.3) is 22.3 Å². The summed E-state index contributed by atoms with van der Waals surface area (Å²) < 4.78 is 0. The summed E-state index contributed by atoms with van der Waals surface area (Å²) in [5.74, 6) is 0. The smallest absolute Gasteiger partial charge is 0.0178 e. The first-order valence-electron chi connectivity index (χ1n) is 9.86. The van der Waals surface area contributed by atoms with E-state index >= 15 is 0 Å². The molecular formula is C29H32. The highest BCUT2D eigenvalue weighted by Gasteiger charge is 2.00. The van der Waals surface area contributed by atoms with E-state index in [1.807, 2.05) is 38.1 Å². The normalized spacial score (nSPS) is 10.2. The molecule has 0 nitrogen and oxygen atoms in total. The molecule has 0 fully saturated rings. The Morgan fingerprint density at radius 2 is 1.07 bits per heavy atom. The third-order valence-electron chi connectivity index (χ3n) is 4.03. The van der Waals surface area contributed by atoms with Crippen molar-refractivity contribution in [3.63, 3.8) is 0 Å². The van der Waals surface area contributed by atoms with Crippen LogP contribution >= 0.6 is 0 Å². The summed E-state index contributed by atoms with van der Waals surface area (Å²) in [4.78, 5) is 0. The van der Waals surface area contributed by atoms with Crippen LogP contribution in [0.4, 0.5) is 0 Å². The molecule has 0 spiro atoms. The molecule has 0 aliphatic heterocycles. The molecule has 0 unspecified atom stereocenters. The van der Waals surface area contributed by atoms with Crippen molar-refractivity contribution in [1.82, 2.24) is 0 Å². The van der Waals surface area contributed by atoms with Gasteiger partial charge in [0.15, 0.2) is 0 Å². The fraction of sp³-hybridized carbons (Fsp3) is 0.103. The van der Waals surface area contributed by atoms with Gasteiger partial charge in [-0.15, -0.1) is 6.58 Å². The van der Waals surface area contributed by atoms with E-state index in [1.165, 1.54) is 27.8 Å². The maximum absolute atomic E-state index is 3.55. The molecule has 0 aliphatic rings. The van der Waals surface area contributed by atoms with E-state index in [1.54, 1.807) is 12.2 Å². The van der Waals surface area contributed by atoms with Crippen LogP contribution in [0.2, 0.25) is 0 Å². The minimum Gasteiger partial charge on any atom is -0.103 e. The molecule has 0 heteroatoms. The minimum absolute atomic E-state index is 1.26. The average molecular weight is 381 g/mol. The molecule has 3 rings (SSSR count). The van der Waals surface area contributed by atoms with Crippen LogP contribution in [0.3, 0.4) is 0 Å². The standard InChI is InChI=1S/C18H14.C8H12.C3H6/c1-3-8-15(9-4-1)17-12-7-13-18(14-17)16-10-5-2-6-11-16;1-4-6-7-8(3)5-2;1-3-2/h1-14H;4-7H,1H2,2-3H3;3H,1H2,2H3/b;7-6-,8-5-;.